The maximum atomic E-state index is 12.9. The number of carbonyl (C=O) groups is 1. The van der Waals surface area contributed by atoms with E-state index in [1.807, 2.05) is 26.0 Å². The van der Waals surface area contributed by atoms with Crippen molar-refractivity contribution < 1.29 is 9.18 Å². The van der Waals surface area contributed by atoms with Gasteiger partial charge in [0.25, 0.3) is 0 Å². The van der Waals surface area contributed by atoms with E-state index < -0.39 is 0 Å². The summed E-state index contributed by atoms with van der Waals surface area (Å²) in [7, 11) is 0. The number of halogens is 1. The van der Waals surface area contributed by atoms with Crippen LogP contribution in [0.15, 0.2) is 48.8 Å². The molecule has 4 nitrogen and oxygen atoms in total. The highest BCUT2D eigenvalue weighted by Crippen LogP contribution is 2.08. The average molecular weight is 301 g/mol. The highest BCUT2D eigenvalue weighted by molar-refractivity contribution is 5.74. The number of benzene rings is 1. The number of nitrogens with one attached hydrogen (secondary N) is 1. The average Bonchev–Trinajstić information content (AvgIpc) is 2.52. The summed E-state index contributed by atoms with van der Waals surface area (Å²) in [5.74, 6) is -0.282. The van der Waals surface area contributed by atoms with Crippen LogP contribution in [0.5, 0.6) is 0 Å². The zero-order valence-corrected chi connectivity index (χ0v) is 12.8. The number of carbonyl (C=O) groups excluding carboxylic acids is 1. The van der Waals surface area contributed by atoms with Crippen LogP contribution in [-0.2, 0) is 13.1 Å². The molecule has 0 aliphatic heterocycles. The van der Waals surface area contributed by atoms with Crippen molar-refractivity contribution in [2.75, 3.05) is 0 Å². The molecule has 0 saturated carbocycles. The minimum absolute atomic E-state index is 0.0634. The van der Waals surface area contributed by atoms with E-state index in [9.17, 15) is 9.18 Å². The Labute approximate surface area is 130 Å². The second-order valence-corrected chi connectivity index (χ2v) is 5.37. The molecule has 22 heavy (non-hydrogen) atoms. The molecule has 0 atom stereocenters. The van der Waals surface area contributed by atoms with Gasteiger partial charge >= 0.3 is 6.03 Å². The van der Waals surface area contributed by atoms with Crippen LogP contribution in [0.2, 0.25) is 0 Å². The Kier molecular flexibility index (Phi) is 5.47. The molecule has 0 radical (unpaired) electrons. The number of rotatable bonds is 5. The van der Waals surface area contributed by atoms with Gasteiger partial charge in [-0.25, -0.2) is 9.18 Å². The van der Waals surface area contributed by atoms with Crippen molar-refractivity contribution in [3.63, 3.8) is 0 Å². The van der Waals surface area contributed by atoms with Gasteiger partial charge in [-0.05, 0) is 43.2 Å². The van der Waals surface area contributed by atoms with Crippen LogP contribution in [0.1, 0.15) is 25.0 Å². The first-order valence-corrected chi connectivity index (χ1v) is 7.24. The number of hydrogen-bond donors (Lipinski definition) is 1. The second-order valence-electron chi connectivity index (χ2n) is 5.37. The molecule has 0 unspecified atom stereocenters. The lowest BCUT2D eigenvalue weighted by Crippen LogP contribution is -2.43. The molecule has 2 aromatic rings. The van der Waals surface area contributed by atoms with Gasteiger partial charge in [0.05, 0.1) is 0 Å². The minimum Gasteiger partial charge on any atom is -0.334 e. The quantitative estimate of drug-likeness (QED) is 0.920. The number of hydrogen-bond acceptors (Lipinski definition) is 2. The number of amides is 2. The van der Waals surface area contributed by atoms with Gasteiger partial charge in [0, 0.05) is 31.5 Å². The van der Waals surface area contributed by atoms with E-state index >= 15 is 0 Å². The Bertz CT molecular complexity index is 599. The third kappa shape index (κ3) is 4.55. The Morgan fingerprint density at radius 2 is 1.95 bits per heavy atom. The molecule has 1 aromatic heterocycles. The monoisotopic (exact) mass is 301 g/mol. The zero-order valence-electron chi connectivity index (χ0n) is 12.8. The highest BCUT2D eigenvalue weighted by atomic mass is 19.1. The van der Waals surface area contributed by atoms with Gasteiger partial charge in [-0.2, -0.15) is 0 Å². The van der Waals surface area contributed by atoms with Crippen molar-refractivity contribution in [1.29, 1.82) is 0 Å². The van der Waals surface area contributed by atoms with Crippen LogP contribution >= 0.6 is 0 Å². The predicted octanol–water partition coefficient (Wildman–Crippen LogP) is 3.34. The Morgan fingerprint density at radius 3 is 2.55 bits per heavy atom. The van der Waals surface area contributed by atoms with Crippen LogP contribution in [0, 0.1) is 5.82 Å². The van der Waals surface area contributed by atoms with Gasteiger partial charge in [0.15, 0.2) is 0 Å². The molecule has 0 saturated heterocycles. The lowest BCUT2D eigenvalue weighted by molar-refractivity contribution is 0.179. The van der Waals surface area contributed by atoms with Crippen molar-refractivity contribution in [2.24, 2.45) is 0 Å². The van der Waals surface area contributed by atoms with E-state index in [-0.39, 0.29) is 17.9 Å². The molecule has 1 aromatic carbocycles. The molecule has 116 valence electrons. The SMILES string of the molecule is CC(C)N(Cc1cccnc1)C(=O)NCc1ccc(F)cc1. The smallest absolute Gasteiger partial charge is 0.318 e. The summed E-state index contributed by atoms with van der Waals surface area (Å²) >= 11 is 0. The largest absolute Gasteiger partial charge is 0.334 e. The number of aromatic nitrogens is 1. The predicted molar refractivity (Wildman–Crippen MR) is 83.6 cm³/mol. The zero-order chi connectivity index (χ0) is 15.9. The van der Waals surface area contributed by atoms with Crippen LogP contribution < -0.4 is 5.32 Å². The summed E-state index contributed by atoms with van der Waals surface area (Å²) in [4.78, 5) is 18.2. The Morgan fingerprint density at radius 1 is 1.23 bits per heavy atom. The minimum atomic E-state index is -0.282. The first-order chi connectivity index (χ1) is 10.6. The van der Waals surface area contributed by atoms with Crippen molar-refractivity contribution >= 4 is 6.03 Å². The fraction of sp³-hybridized carbons (Fsp3) is 0.294. The lowest BCUT2D eigenvalue weighted by atomic mass is 10.2. The fourth-order valence-corrected chi connectivity index (χ4v) is 2.06. The van der Waals surface area contributed by atoms with Crippen LogP contribution in [-0.4, -0.2) is 22.0 Å². The molecule has 0 fully saturated rings. The summed E-state index contributed by atoms with van der Waals surface area (Å²) < 4.78 is 12.9. The molecule has 2 amide bonds. The topological polar surface area (TPSA) is 45.2 Å². The van der Waals surface area contributed by atoms with Gasteiger partial charge in [0.1, 0.15) is 5.82 Å². The summed E-state index contributed by atoms with van der Waals surface area (Å²) in [6.07, 6.45) is 3.46. The molecular formula is C17H20FN3O. The van der Waals surface area contributed by atoms with Crippen LogP contribution in [0.3, 0.4) is 0 Å². The normalized spacial score (nSPS) is 10.5. The molecule has 0 spiro atoms. The molecule has 1 heterocycles. The van der Waals surface area contributed by atoms with Crippen molar-refractivity contribution in [2.45, 2.75) is 33.0 Å². The number of pyridine rings is 1. The molecule has 0 aliphatic carbocycles. The van der Waals surface area contributed by atoms with E-state index in [0.717, 1.165) is 11.1 Å². The third-order valence-electron chi connectivity index (χ3n) is 3.32. The van der Waals surface area contributed by atoms with E-state index in [1.165, 1.54) is 12.1 Å². The molecule has 2 rings (SSSR count). The first kappa shape index (κ1) is 15.9. The van der Waals surface area contributed by atoms with Gasteiger partial charge in [-0.15, -0.1) is 0 Å². The molecule has 0 aliphatic rings. The molecule has 5 heteroatoms. The fourth-order valence-electron chi connectivity index (χ4n) is 2.06. The Balaban J connectivity index is 1.96. The van der Waals surface area contributed by atoms with Crippen molar-refractivity contribution in [3.8, 4) is 0 Å². The lowest BCUT2D eigenvalue weighted by Gasteiger charge is -2.27. The molecule has 1 N–H and O–H groups in total. The summed E-state index contributed by atoms with van der Waals surface area (Å²) in [5.41, 5.74) is 1.84. The molecule has 0 bridgehead atoms. The van der Waals surface area contributed by atoms with E-state index in [0.29, 0.717) is 13.1 Å². The van der Waals surface area contributed by atoms with Gasteiger partial charge in [-0.3, -0.25) is 4.98 Å². The summed E-state index contributed by atoms with van der Waals surface area (Å²) in [6, 6.07) is 9.80. The Hall–Kier alpha value is -2.43. The van der Waals surface area contributed by atoms with Crippen molar-refractivity contribution in [3.05, 3.63) is 65.7 Å². The maximum absolute atomic E-state index is 12.9. The van der Waals surface area contributed by atoms with E-state index in [2.05, 4.69) is 10.3 Å². The van der Waals surface area contributed by atoms with Gasteiger partial charge in [0.2, 0.25) is 0 Å². The summed E-state index contributed by atoms with van der Waals surface area (Å²) in [5, 5.41) is 2.86. The molecular weight excluding hydrogens is 281 g/mol. The van der Waals surface area contributed by atoms with Crippen molar-refractivity contribution in [1.82, 2.24) is 15.2 Å². The van der Waals surface area contributed by atoms with Gasteiger partial charge in [-0.1, -0.05) is 18.2 Å². The number of nitrogens with zero attached hydrogens (tertiary/aromatic N) is 2. The van der Waals surface area contributed by atoms with E-state index in [4.69, 9.17) is 0 Å². The van der Waals surface area contributed by atoms with Crippen LogP contribution in [0.25, 0.3) is 0 Å². The van der Waals surface area contributed by atoms with Gasteiger partial charge < -0.3 is 10.2 Å². The van der Waals surface area contributed by atoms with Crippen LogP contribution in [0.4, 0.5) is 9.18 Å². The maximum Gasteiger partial charge on any atom is 0.318 e. The summed E-state index contributed by atoms with van der Waals surface area (Å²) in [6.45, 7) is 4.80. The third-order valence-corrected chi connectivity index (χ3v) is 3.32. The first-order valence-electron chi connectivity index (χ1n) is 7.24. The highest BCUT2D eigenvalue weighted by Gasteiger charge is 2.17. The second kappa shape index (κ2) is 7.54. The standard InChI is InChI=1S/C17H20FN3O/c1-13(2)21(12-15-4-3-9-19-10-15)17(22)20-11-14-5-7-16(18)8-6-14/h3-10,13H,11-12H2,1-2H3,(H,20,22). The van der Waals surface area contributed by atoms with E-state index in [1.54, 1.807) is 29.4 Å². The number of urea groups is 1.